The minimum atomic E-state index is -3.55. The third kappa shape index (κ3) is 4.44. The van der Waals surface area contributed by atoms with Crippen LogP contribution in [0.5, 0.6) is 0 Å². The van der Waals surface area contributed by atoms with Gasteiger partial charge in [0.2, 0.25) is 0 Å². The van der Waals surface area contributed by atoms with Gasteiger partial charge in [-0.2, -0.15) is 0 Å². The summed E-state index contributed by atoms with van der Waals surface area (Å²) in [6, 6.07) is 12.2. The highest BCUT2D eigenvalue weighted by Gasteiger charge is 2.32. The Labute approximate surface area is 158 Å². The highest BCUT2D eigenvalue weighted by atomic mass is 32.2. The van der Waals surface area contributed by atoms with Gasteiger partial charge in [0.15, 0.2) is 0 Å². The van der Waals surface area contributed by atoms with Gasteiger partial charge in [0.25, 0.3) is 31.9 Å². The van der Waals surface area contributed by atoms with Gasteiger partial charge in [-0.3, -0.25) is 9.59 Å². The molecule has 2 aliphatic rings. The Hall–Kier alpha value is -3.45. The summed E-state index contributed by atoms with van der Waals surface area (Å²) in [5, 5.41) is 13.9. The standard InChI is InChI=1S/2C7H5NO3S.CH2O3/c2*9-7-5-3-1-2-4-6(5)12(10,11)8-7;2-1(3)4/h2*1-4H,(H,8,9);(H2,2,3,4). The van der Waals surface area contributed by atoms with E-state index >= 15 is 0 Å². The number of carbonyl (C=O) groups excluding carboxylic acids is 2. The quantitative estimate of drug-likeness (QED) is 0.463. The first-order valence-corrected chi connectivity index (χ1v) is 10.2. The van der Waals surface area contributed by atoms with E-state index in [0.29, 0.717) is 0 Å². The van der Waals surface area contributed by atoms with Crippen molar-refractivity contribution in [3.63, 3.8) is 0 Å². The zero-order valence-electron chi connectivity index (χ0n) is 13.7. The minimum Gasteiger partial charge on any atom is -0.450 e. The van der Waals surface area contributed by atoms with Crippen LogP contribution in [0.4, 0.5) is 4.79 Å². The Morgan fingerprint density at radius 2 is 0.964 bits per heavy atom. The first-order chi connectivity index (χ1) is 13.0. The van der Waals surface area contributed by atoms with Crippen molar-refractivity contribution in [1.82, 2.24) is 9.44 Å². The molecule has 0 saturated carbocycles. The fourth-order valence-electron chi connectivity index (χ4n) is 2.24. The van der Waals surface area contributed by atoms with Gasteiger partial charge in [-0.25, -0.2) is 31.1 Å². The number of sulfonamides is 2. The first-order valence-electron chi connectivity index (χ1n) is 7.20. The van der Waals surface area contributed by atoms with Gasteiger partial charge < -0.3 is 10.2 Å². The van der Waals surface area contributed by atoms with E-state index in [0.717, 1.165) is 0 Å². The molecule has 2 amide bonds. The van der Waals surface area contributed by atoms with Crippen LogP contribution in [0.1, 0.15) is 20.7 Å². The maximum absolute atomic E-state index is 11.1. The lowest BCUT2D eigenvalue weighted by Gasteiger charge is -1.91. The predicted molar refractivity (Wildman–Crippen MR) is 92.8 cm³/mol. The van der Waals surface area contributed by atoms with E-state index in [1.54, 1.807) is 24.3 Å². The van der Waals surface area contributed by atoms with Crippen molar-refractivity contribution in [2.75, 3.05) is 0 Å². The molecule has 11 nitrogen and oxygen atoms in total. The second kappa shape index (κ2) is 7.66. The smallest absolute Gasteiger partial charge is 0.450 e. The maximum Gasteiger partial charge on any atom is 0.503 e. The summed E-state index contributed by atoms with van der Waals surface area (Å²) in [4.78, 5) is 30.7. The van der Waals surface area contributed by atoms with E-state index in [2.05, 4.69) is 0 Å². The van der Waals surface area contributed by atoms with Crippen LogP contribution in [-0.2, 0) is 20.0 Å². The van der Waals surface area contributed by atoms with Crippen molar-refractivity contribution in [3.05, 3.63) is 59.7 Å². The summed E-state index contributed by atoms with van der Waals surface area (Å²) in [6.07, 6.45) is -1.83. The zero-order chi connectivity index (χ0) is 21.1. The summed E-state index contributed by atoms with van der Waals surface area (Å²) in [6.45, 7) is 0. The van der Waals surface area contributed by atoms with E-state index in [4.69, 9.17) is 15.0 Å². The van der Waals surface area contributed by atoms with Crippen molar-refractivity contribution >= 4 is 38.0 Å². The molecule has 4 N–H and O–H groups in total. The molecular formula is C15H12N2O9S2. The Bertz CT molecular complexity index is 1080. The molecule has 2 aromatic carbocycles. The molecule has 0 unspecified atom stereocenters. The van der Waals surface area contributed by atoms with Crippen molar-refractivity contribution in [1.29, 1.82) is 0 Å². The Kier molecular flexibility index (Phi) is 5.70. The Morgan fingerprint density at radius 3 is 1.25 bits per heavy atom. The second-order valence-electron chi connectivity index (χ2n) is 5.14. The molecule has 4 rings (SSSR count). The Balaban J connectivity index is 0.000000169. The third-order valence-corrected chi connectivity index (χ3v) is 6.07. The molecule has 0 aromatic heterocycles. The number of benzene rings is 2. The van der Waals surface area contributed by atoms with Crippen LogP contribution < -0.4 is 9.44 Å². The van der Waals surface area contributed by atoms with Gasteiger partial charge in [0, 0.05) is 0 Å². The van der Waals surface area contributed by atoms with Gasteiger partial charge >= 0.3 is 6.16 Å². The number of fused-ring (bicyclic) bond motifs is 2. The van der Waals surface area contributed by atoms with Gasteiger partial charge in [-0.1, -0.05) is 24.3 Å². The van der Waals surface area contributed by atoms with E-state index < -0.39 is 38.0 Å². The molecule has 0 fully saturated rings. The number of carbonyl (C=O) groups is 3. The lowest BCUT2D eigenvalue weighted by atomic mass is 10.2. The molecule has 0 spiro atoms. The van der Waals surface area contributed by atoms with Crippen molar-refractivity contribution in [2.45, 2.75) is 9.79 Å². The number of hydrogen-bond acceptors (Lipinski definition) is 7. The summed E-state index contributed by atoms with van der Waals surface area (Å²) in [5.41, 5.74) is 0.440. The molecule has 2 aromatic rings. The molecule has 0 bridgehead atoms. The number of hydrogen-bond donors (Lipinski definition) is 4. The first kappa shape index (κ1) is 20.9. The molecule has 2 heterocycles. The molecular weight excluding hydrogens is 416 g/mol. The highest BCUT2D eigenvalue weighted by molar-refractivity contribution is 7.91. The predicted octanol–water partition coefficient (Wildman–Crippen LogP) is 0.460. The molecule has 0 saturated heterocycles. The van der Waals surface area contributed by atoms with E-state index in [1.807, 2.05) is 9.44 Å². The maximum atomic E-state index is 11.1. The monoisotopic (exact) mass is 428 g/mol. The SMILES string of the molecule is O=C(O)O.O=C1NS(=O)(=O)c2ccccc21.O=C1NS(=O)(=O)c2ccccc21. The van der Waals surface area contributed by atoms with E-state index in [9.17, 15) is 26.4 Å². The summed E-state index contributed by atoms with van der Waals surface area (Å²) in [7, 11) is -7.11. The molecule has 2 aliphatic heterocycles. The van der Waals surface area contributed by atoms with Gasteiger partial charge in [-0.15, -0.1) is 0 Å². The van der Waals surface area contributed by atoms with Gasteiger partial charge in [-0.05, 0) is 24.3 Å². The van der Waals surface area contributed by atoms with Crippen LogP contribution in [0, 0.1) is 0 Å². The summed E-state index contributed by atoms with van der Waals surface area (Å²) < 4.78 is 48.3. The van der Waals surface area contributed by atoms with Crippen LogP contribution in [0.15, 0.2) is 58.3 Å². The Morgan fingerprint density at radius 1 is 0.679 bits per heavy atom. The molecule has 13 heteroatoms. The number of amides is 2. The molecule has 0 aliphatic carbocycles. The van der Waals surface area contributed by atoms with Gasteiger partial charge in [0.1, 0.15) is 9.79 Å². The second-order valence-corrected chi connectivity index (χ2v) is 8.45. The minimum absolute atomic E-state index is 0.0648. The van der Waals surface area contributed by atoms with Crippen molar-refractivity contribution in [2.24, 2.45) is 0 Å². The highest BCUT2D eigenvalue weighted by Crippen LogP contribution is 2.21. The molecule has 28 heavy (non-hydrogen) atoms. The normalized spacial score (nSPS) is 16.7. The zero-order valence-corrected chi connectivity index (χ0v) is 15.3. The largest absolute Gasteiger partial charge is 0.503 e. The average Bonchev–Trinajstić information content (AvgIpc) is 2.98. The van der Waals surface area contributed by atoms with Crippen LogP contribution >= 0.6 is 0 Å². The summed E-state index contributed by atoms with van der Waals surface area (Å²) >= 11 is 0. The molecule has 0 atom stereocenters. The average molecular weight is 428 g/mol. The van der Waals surface area contributed by atoms with E-state index in [1.165, 1.54) is 24.3 Å². The fraction of sp³-hybridized carbons (Fsp3) is 0. The number of carboxylic acid groups (broad SMARTS) is 2. The lowest BCUT2D eigenvalue weighted by molar-refractivity contribution is 0.0976. The topological polar surface area (TPSA) is 184 Å². The number of rotatable bonds is 0. The molecule has 0 radical (unpaired) electrons. The molecule has 148 valence electrons. The van der Waals surface area contributed by atoms with Crippen LogP contribution in [0.3, 0.4) is 0 Å². The van der Waals surface area contributed by atoms with Gasteiger partial charge in [0.05, 0.1) is 11.1 Å². The van der Waals surface area contributed by atoms with Crippen LogP contribution in [0.25, 0.3) is 0 Å². The van der Waals surface area contributed by atoms with Crippen LogP contribution in [0.2, 0.25) is 0 Å². The van der Waals surface area contributed by atoms with Crippen LogP contribution in [-0.4, -0.2) is 45.0 Å². The fourth-order valence-corrected chi connectivity index (χ4v) is 4.59. The third-order valence-electron chi connectivity index (χ3n) is 3.30. The summed E-state index contributed by atoms with van der Waals surface area (Å²) in [5.74, 6) is -1.10. The van der Waals surface area contributed by atoms with Crippen molar-refractivity contribution < 1.29 is 41.4 Å². The lowest BCUT2D eigenvalue weighted by Crippen LogP contribution is -2.20. The number of nitrogens with one attached hydrogen (secondary N) is 2. The van der Waals surface area contributed by atoms with E-state index in [-0.39, 0.29) is 20.9 Å². The van der Waals surface area contributed by atoms with Crippen molar-refractivity contribution in [3.8, 4) is 0 Å².